The lowest BCUT2D eigenvalue weighted by Gasteiger charge is -2.33. The van der Waals surface area contributed by atoms with Crippen molar-refractivity contribution in [1.82, 2.24) is 0 Å². The number of fused-ring (bicyclic) bond motifs is 1. The van der Waals surface area contributed by atoms with E-state index in [1.54, 1.807) is 0 Å². The summed E-state index contributed by atoms with van der Waals surface area (Å²) in [5, 5.41) is 0. The summed E-state index contributed by atoms with van der Waals surface area (Å²) in [5.41, 5.74) is 8.56. The topological polar surface area (TPSA) is 38.5 Å². The fraction of sp³-hybridized carbons (Fsp3) is 0.600. The van der Waals surface area contributed by atoms with Crippen molar-refractivity contribution in [1.29, 1.82) is 0 Å². The number of para-hydroxylation sites is 1. The maximum atomic E-state index is 5.96. The summed E-state index contributed by atoms with van der Waals surface area (Å²) in [6, 6.07) is 8.76. The Kier molecular flexibility index (Phi) is 3.52. The van der Waals surface area contributed by atoms with E-state index in [0.29, 0.717) is 12.6 Å². The Morgan fingerprint density at radius 1 is 1.22 bits per heavy atom. The van der Waals surface area contributed by atoms with Crippen LogP contribution in [0.4, 0.5) is 5.69 Å². The summed E-state index contributed by atoms with van der Waals surface area (Å²) in [4.78, 5) is 2.49. The first-order valence-corrected chi connectivity index (χ1v) is 7.05. The van der Waals surface area contributed by atoms with Gasteiger partial charge in [-0.2, -0.15) is 0 Å². The van der Waals surface area contributed by atoms with Crippen LogP contribution in [0, 0.1) is 0 Å². The fourth-order valence-corrected chi connectivity index (χ4v) is 3.13. The number of ether oxygens (including phenoxy) is 1. The van der Waals surface area contributed by atoms with Crippen LogP contribution < -0.4 is 10.6 Å². The molecule has 3 nitrogen and oxygen atoms in total. The number of aryl methyl sites for hydroxylation is 1. The maximum Gasteiger partial charge on any atom is 0.0755 e. The third kappa shape index (κ3) is 2.38. The molecule has 0 radical (unpaired) electrons. The molecule has 2 heterocycles. The molecule has 3 heteroatoms. The molecule has 18 heavy (non-hydrogen) atoms. The first-order chi connectivity index (χ1) is 8.86. The Bertz CT molecular complexity index is 407. The van der Waals surface area contributed by atoms with Gasteiger partial charge in [0.25, 0.3) is 0 Å². The third-order valence-electron chi connectivity index (χ3n) is 4.09. The normalized spacial score (nSPS) is 27.3. The van der Waals surface area contributed by atoms with Gasteiger partial charge in [-0.3, -0.25) is 0 Å². The van der Waals surface area contributed by atoms with Crippen LogP contribution in [0.2, 0.25) is 0 Å². The minimum absolute atomic E-state index is 0.287. The third-order valence-corrected chi connectivity index (χ3v) is 4.09. The van der Waals surface area contributed by atoms with Crippen molar-refractivity contribution < 1.29 is 4.74 Å². The van der Waals surface area contributed by atoms with Gasteiger partial charge < -0.3 is 15.4 Å². The average molecular weight is 246 g/mol. The molecule has 0 aromatic heterocycles. The molecule has 2 unspecified atom stereocenters. The molecule has 2 N–H and O–H groups in total. The quantitative estimate of drug-likeness (QED) is 0.886. The summed E-state index contributed by atoms with van der Waals surface area (Å²) in [6.07, 6.45) is 5.39. The number of benzene rings is 1. The Morgan fingerprint density at radius 2 is 2.06 bits per heavy atom. The molecule has 0 bridgehead atoms. The van der Waals surface area contributed by atoms with Crippen LogP contribution in [0.3, 0.4) is 0 Å². The largest absolute Gasteiger partial charge is 0.372 e. The van der Waals surface area contributed by atoms with Crippen molar-refractivity contribution >= 4 is 5.69 Å². The Balaban J connectivity index is 1.67. The molecule has 1 aromatic carbocycles. The molecule has 2 aliphatic heterocycles. The molecule has 1 aromatic rings. The second-order valence-electron chi connectivity index (χ2n) is 5.37. The highest BCUT2D eigenvalue weighted by atomic mass is 16.5. The smallest absolute Gasteiger partial charge is 0.0755 e. The minimum atomic E-state index is 0.287. The van der Waals surface area contributed by atoms with Crippen molar-refractivity contribution in [3.63, 3.8) is 0 Å². The summed E-state index contributed by atoms with van der Waals surface area (Å²) < 4.78 is 5.96. The van der Waals surface area contributed by atoms with Gasteiger partial charge in [0.2, 0.25) is 0 Å². The van der Waals surface area contributed by atoms with Crippen molar-refractivity contribution in [3.8, 4) is 0 Å². The van der Waals surface area contributed by atoms with E-state index in [0.717, 1.165) is 25.9 Å². The van der Waals surface area contributed by atoms with Gasteiger partial charge in [-0.25, -0.2) is 0 Å². The van der Waals surface area contributed by atoms with Crippen LogP contribution >= 0.6 is 0 Å². The Morgan fingerprint density at radius 3 is 2.89 bits per heavy atom. The molecule has 2 atom stereocenters. The Labute approximate surface area is 109 Å². The number of rotatable bonds is 3. The SMILES string of the molecule is NCC1CCC(CN2CCCc3ccccc32)O1. The zero-order valence-electron chi connectivity index (χ0n) is 10.8. The molecular formula is C15H22N2O. The van der Waals surface area contributed by atoms with Gasteiger partial charge in [-0.1, -0.05) is 18.2 Å². The molecular weight excluding hydrogens is 224 g/mol. The number of hydrogen-bond donors (Lipinski definition) is 1. The van der Waals surface area contributed by atoms with Crippen LogP contribution in [-0.4, -0.2) is 31.8 Å². The molecule has 1 saturated heterocycles. The summed E-state index contributed by atoms with van der Waals surface area (Å²) >= 11 is 0. The fourth-order valence-electron chi connectivity index (χ4n) is 3.13. The predicted molar refractivity (Wildman–Crippen MR) is 73.9 cm³/mol. The number of anilines is 1. The highest BCUT2D eigenvalue weighted by Gasteiger charge is 2.27. The highest BCUT2D eigenvalue weighted by Crippen LogP contribution is 2.29. The lowest BCUT2D eigenvalue weighted by Crippen LogP contribution is -2.36. The van der Waals surface area contributed by atoms with Crippen LogP contribution in [0.5, 0.6) is 0 Å². The second kappa shape index (κ2) is 5.29. The molecule has 0 aliphatic carbocycles. The summed E-state index contributed by atoms with van der Waals surface area (Å²) in [5.74, 6) is 0. The molecule has 1 fully saturated rings. The zero-order chi connectivity index (χ0) is 12.4. The first kappa shape index (κ1) is 12.0. The predicted octanol–water partition coefficient (Wildman–Crippen LogP) is 1.95. The van der Waals surface area contributed by atoms with E-state index in [9.17, 15) is 0 Å². The molecule has 2 aliphatic rings. The zero-order valence-corrected chi connectivity index (χ0v) is 10.8. The Hall–Kier alpha value is -1.06. The number of nitrogens with two attached hydrogens (primary N) is 1. The van der Waals surface area contributed by atoms with E-state index >= 15 is 0 Å². The van der Waals surface area contributed by atoms with Crippen molar-refractivity contribution in [2.24, 2.45) is 5.73 Å². The van der Waals surface area contributed by atoms with E-state index in [2.05, 4.69) is 29.2 Å². The minimum Gasteiger partial charge on any atom is -0.372 e. The average Bonchev–Trinajstić information content (AvgIpc) is 2.87. The van der Waals surface area contributed by atoms with Crippen LogP contribution in [0.25, 0.3) is 0 Å². The number of nitrogens with zero attached hydrogens (tertiary/aromatic N) is 1. The summed E-state index contributed by atoms with van der Waals surface area (Å²) in [6.45, 7) is 2.84. The molecule has 98 valence electrons. The van der Waals surface area contributed by atoms with E-state index in [-0.39, 0.29) is 6.10 Å². The van der Waals surface area contributed by atoms with E-state index in [1.165, 1.54) is 24.1 Å². The second-order valence-corrected chi connectivity index (χ2v) is 5.37. The molecule has 3 rings (SSSR count). The van der Waals surface area contributed by atoms with Crippen molar-refractivity contribution in [2.45, 2.75) is 37.9 Å². The van der Waals surface area contributed by atoms with Gasteiger partial charge in [0, 0.05) is 25.3 Å². The van der Waals surface area contributed by atoms with Gasteiger partial charge in [0.1, 0.15) is 0 Å². The number of hydrogen-bond acceptors (Lipinski definition) is 3. The molecule has 0 saturated carbocycles. The van der Waals surface area contributed by atoms with Crippen LogP contribution in [0.15, 0.2) is 24.3 Å². The standard InChI is InChI=1S/C15H22N2O/c16-10-13-7-8-14(18-13)11-17-9-3-5-12-4-1-2-6-15(12)17/h1-2,4,6,13-14H,3,5,7-11,16H2. The van der Waals surface area contributed by atoms with Crippen LogP contribution in [-0.2, 0) is 11.2 Å². The van der Waals surface area contributed by atoms with Gasteiger partial charge in [0.05, 0.1) is 12.2 Å². The van der Waals surface area contributed by atoms with Gasteiger partial charge in [-0.05, 0) is 37.3 Å². The van der Waals surface area contributed by atoms with E-state index in [1.807, 2.05) is 0 Å². The molecule has 0 amide bonds. The van der Waals surface area contributed by atoms with Gasteiger partial charge in [0.15, 0.2) is 0 Å². The van der Waals surface area contributed by atoms with E-state index < -0.39 is 0 Å². The van der Waals surface area contributed by atoms with E-state index in [4.69, 9.17) is 10.5 Å². The van der Waals surface area contributed by atoms with Crippen LogP contribution in [0.1, 0.15) is 24.8 Å². The summed E-state index contributed by atoms with van der Waals surface area (Å²) in [7, 11) is 0. The lowest BCUT2D eigenvalue weighted by molar-refractivity contribution is 0.0541. The highest BCUT2D eigenvalue weighted by molar-refractivity contribution is 5.55. The van der Waals surface area contributed by atoms with Crippen molar-refractivity contribution in [2.75, 3.05) is 24.5 Å². The van der Waals surface area contributed by atoms with Gasteiger partial charge >= 0.3 is 0 Å². The lowest BCUT2D eigenvalue weighted by atomic mass is 10.0. The monoisotopic (exact) mass is 246 g/mol. The first-order valence-electron chi connectivity index (χ1n) is 7.05. The molecule has 0 spiro atoms. The van der Waals surface area contributed by atoms with Crippen molar-refractivity contribution in [3.05, 3.63) is 29.8 Å². The van der Waals surface area contributed by atoms with Gasteiger partial charge in [-0.15, -0.1) is 0 Å². The maximum absolute atomic E-state index is 5.96.